The lowest BCUT2D eigenvalue weighted by molar-refractivity contribution is -0.921. The van der Waals surface area contributed by atoms with Gasteiger partial charge in [-0.15, -0.1) is 0 Å². The van der Waals surface area contributed by atoms with Crippen molar-refractivity contribution in [2.75, 3.05) is 26.3 Å². The number of hydrogen-bond acceptors (Lipinski definition) is 2. The topological polar surface area (TPSA) is 33.9 Å². The van der Waals surface area contributed by atoms with Gasteiger partial charge in [-0.3, -0.25) is 0 Å². The van der Waals surface area contributed by atoms with Crippen molar-refractivity contribution in [3.8, 4) is 16.9 Å². The van der Waals surface area contributed by atoms with Gasteiger partial charge in [0.05, 0.1) is 13.2 Å². The number of phenols is 1. The van der Waals surface area contributed by atoms with E-state index in [2.05, 4.69) is 18.2 Å². The van der Waals surface area contributed by atoms with E-state index in [4.69, 9.17) is 4.74 Å². The third-order valence-electron chi connectivity index (χ3n) is 3.83. The smallest absolute Gasteiger partial charge is 0.124 e. The number of ether oxygens (including phenoxy) is 1. The van der Waals surface area contributed by atoms with E-state index in [0.717, 1.165) is 44.0 Å². The van der Waals surface area contributed by atoms with E-state index in [9.17, 15) is 5.11 Å². The third-order valence-corrected chi connectivity index (χ3v) is 3.83. The second kappa shape index (κ2) is 6.07. The lowest BCUT2D eigenvalue weighted by atomic mass is 10.0. The van der Waals surface area contributed by atoms with Crippen LogP contribution in [0.4, 0.5) is 0 Å². The molecule has 1 aliphatic rings. The minimum atomic E-state index is 0.392. The molecule has 0 bridgehead atoms. The van der Waals surface area contributed by atoms with Crippen LogP contribution in [0.25, 0.3) is 11.1 Å². The largest absolute Gasteiger partial charge is 0.507 e. The number of hydrogen-bond donors (Lipinski definition) is 2. The molecule has 1 heterocycles. The number of quaternary nitrogens is 1. The summed E-state index contributed by atoms with van der Waals surface area (Å²) in [7, 11) is 0. The van der Waals surface area contributed by atoms with Gasteiger partial charge in [-0.25, -0.2) is 0 Å². The maximum absolute atomic E-state index is 10.1. The maximum atomic E-state index is 10.1. The molecule has 0 atom stereocenters. The Labute approximate surface area is 119 Å². The molecular formula is C17H20NO2+. The van der Waals surface area contributed by atoms with Crippen molar-refractivity contribution < 1.29 is 14.7 Å². The average molecular weight is 270 g/mol. The highest BCUT2D eigenvalue weighted by Crippen LogP contribution is 2.25. The molecule has 1 saturated heterocycles. The first-order valence-corrected chi connectivity index (χ1v) is 7.11. The summed E-state index contributed by atoms with van der Waals surface area (Å²) in [5.41, 5.74) is 3.36. The molecule has 0 saturated carbocycles. The van der Waals surface area contributed by atoms with Crippen LogP contribution in [0, 0.1) is 0 Å². The summed E-state index contributed by atoms with van der Waals surface area (Å²) >= 11 is 0. The molecule has 3 heteroatoms. The summed E-state index contributed by atoms with van der Waals surface area (Å²) in [6.45, 7) is 4.50. The van der Waals surface area contributed by atoms with Gasteiger partial charge in [0.15, 0.2) is 0 Å². The first kappa shape index (κ1) is 13.2. The molecule has 2 aromatic rings. The fourth-order valence-corrected chi connectivity index (χ4v) is 2.64. The molecule has 104 valence electrons. The Balaban J connectivity index is 1.83. The average Bonchev–Trinajstić information content (AvgIpc) is 2.51. The van der Waals surface area contributed by atoms with Gasteiger partial charge in [-0.2, -0.15) is 0 Å². The van der Waals surface area contributed by atoms with Crippen LogP contribution in [0.5, 0.6) is 5.75 Å². The quantitative estimate of drug-likeness (QED) is 0.886. The Bertz CT molecular complexity index is 562. The number of rotatable bonds is 3. The summed E-state index contributed by atoms with van der Waals surface area (Å²) in [5, 5.41) is 10.1. The molecule has 2 aromatic carbocycles. The van der Waals surface area contributed by atoms with Crippen molar-refractivity contribution in [1.82, 2.24) is 0 Å². The van der Waals surface area contributed by atoms with Crippen molar-refractivity contribution >= 4 is 0 Å². The van der Waals surface area contributed by atoms with Gasteiger partial charge in [0.2, 0.25) is 0 Å². The highest BCUT2D eigenvalue weighted by Gasteiger charge is 2.16. The Morgan fingerprint density at radius 2 is 1.70 bits per heavy atom. The number of aromatic hydroxyl groups is 1. The predicted molar refractivity (Wildman–Crippen MR) is 78.8 cm³/mol. The summed E-state index contributed by atoms with van der Waals surface area (Å²) in [5.74, 6) is 0.392. The second-order valence-corrected chi connectivity index (χ2v) is 5.25. The molecule has 3 nitrogen and oxygen atoms in total. The third kappa shape index (κ3) is 3.00. The van der Waals surface area contributed by atoms with Gasteiger partial charge in [0.25, 0.3) is 0 Å². The molecule has 2 N–H and O–H groups in total. The van der Waals surface area contributed by atoms with Crippen LogP contribution in [0.15, 0.2) is 48.5 Å². The van der Waals surface area contributed by atoms with E-state index < -0.39 is 0 Å². The zero-order valence-electron chi connectivity index (χ0n) is 11.5. The highest BCUT2D eigenvalue weighted by molar-refractivity contribution is 5.65. The van der Waals surface area contributed by atoms with E-state index >= 15 is 0 Å². The SMILES string of the molecule is Oc1ccc(-c2ccccc2)cc1C[NH+]1CCOCC1. The summed E-state index contributed by atoms with van der Waals surface area (Å²) in [6, 6.07) is 16.2. The molecule has 0 aliphatic carbocycles. The Morgan fingerprint density at radius 3 is 2.45 bits per heavy atom. The Morgan fingerprint density at radius 1 is 0.950 bits per heavy atom. The van der Waals surface area contributed by atoms with Gasteiger partial charge < -0.3 is 14.7 Å². The zero-order chi connectivity index (χ0) is 13.8. The summed E-state index contributed by atoms with van der Waals surface area (Å²) in [6.07, 6.45) is 0. The van der Waals surface area contributed by atoms with Crippen LogP contribution in [0.3, 0.4) is 0 Å². The molecule has 0 radical (unpaired) electrons. The lowest BCUT2D eigenvalue weighted by Crippen LogP contribution is -3.12. The van der Waals surface area contributed by atoms with Crippen molar-refractivity contribution in [2.45, 2.75) is 6.54 Å². The molecule has 0 spiro atoms. The van der Waals surface area contributed by atoms with E-state index in [1.807, 2.05) is 24.3 Å². The first-order chi connectivity index (χ1) is 9.83. The highest BCUT2D eigenvalue weighted by atomic mass is 16.5. The zero-order valence-corrected chi connectivity index (χ0v) is 11.5. The number of phenolic OH excluding ortho intramolecular Hbond substituents is 1. The molecule has 0 amide bonds. The van der Waals surface area contributed by atoms with E-state index in [0.29, 0.717) is 5.75 Å². The lowest BCUT2D eigenvalue weighted by Gasteiger charge is -2.24. The minimum absolute atomic E-state index is 0.392. The van der Waals surface area contributed by atoms with Crippen molar-refractivity contribution in [2.24, 2.45) is 0 Å². The van der Waals surface area contributed by atoms with Gasteiger partial charge in [-0.05, 0) is 23.3 Å². The standard InChI is InChI=1S/C17H19NO2/c19-17-7-6-15(14-4-2-1-3-5-14)12-16(17)13-18-8-10-20-11-9-18/h1-7,12,19H,8-11,13H2/p+1. The summed E-state index contributed by atoms with van der Waals surface area (Å²) in [4.78, 5) is 1.47. The van der Waals surface area contributed by atoms with E-state index in [1.54, 1.807) is 6.07 Å². The van der Waals surface area contributed by atoms with Gasteiger partial charge >= 0.3 is 0 Å². The first-order valence-electron chi connectivity index (χ1n) is 7.11. The maximum Gasteiger partial charge on any atom is 0.124 e. The van der Waals surface area contributed by atoms with Crippen molar-refractivity contribution in [3.63, 3.8) is 0 Å². The second-order valence-electron chi connectivity index (χ2n) is 5.25. The number of morpholine rings is 1. The molecule has 1 aliphatic heterocycles. The van der Waals surface area contributed by atoms with Crippen LogP contribution in [0.1, 0.15) is 5.56 Å². The van der Waals surface area contributed by atoms with Gasteiger partial charge in [-0.1, -0.05) is 36.4 Å². The molecule has 0 unspecified atom stereocenters. The fourth-order valence-electron chi connectivity index (χ4n) is 2.64. The molecule has 1 fully saturated rings. The predicted octanol–water partition coefficient (Wildman–Crippen LogP) is 1.47. The number of nitrogens with one attached hydrogen (secondary N) is 1. The monoisotopic (exact) mass is 270 g/mol. The van der Waals surface area contributed by atoms with Crippen LogP contribution in [0.2, 0.25) is 0 Å². The van der Waals surface area contributed by atoms with E-state index in [1.165, 1.54) is 10.5 Å². The minimum Gasteiger partial charge on any atom is -0.507 e. The summed E-state index contributed by atoms with van der Waals surface area (Å²) < 4.78 is 5.38. The van der Waals surface area contributed by atoms with Crippen molar-refractivity contribution in [3.05, 3.63) is 54.1 Å². The van der Waals surface area contributed by atoms with Crippen LogP contribution < -0.4 is 4.90 Å². The Kier molecular flexibility index (Phi) is 4.00. The number of benzene rings is 2. The Hall–Kier alpha value is -1.84. The van der Waals surface area contributed by atoms with Crippen molar-refractivity contribution in [1.29, 1.82) is 0 Å². The van der Waals surface area contributed by atoms with Crippen LogP contribution >= 0.6 is 0 Å². The fraction of sp³-hybridized carbons (Fsp3) is 0.294. The molecule has 0 aromatic heterocycles. The molecule has 3 rings (SSSR count). The van der Waals surface area contributed by atoms with Crippen LogP contribution in [-0.4, -0.2) is 31.4 Å². The molecular weight excluding hydrogens is 250 g/mol. The molecule has 20 heavy (non-hydrogen) atoms. The van der Waals surface area contributed by atoms with Crippen LogP contribution in [-0.2, 0) is 11.3 Å². The normalized spacial score (nSPS) is 16.2. The van der Waals surface area contributed by atoms with E-state index in [-0.39, 0.29) is 0 Å². The van der Waals surface area contributed by atoms with Gasteiger partial charge in [0.1, 0.15) is 25.4 Å². The van der Waals surface area contributed by atoms with Gasteiger partial charge in [0, 0.05) is 5.56 Å².